The summed E-state index contributed by atoms with van der Waals surface area (Å²) in [6.07, 6.45) is 1.60. The zero-order chi connectivity index (χ0) is 5.98. The lowest BCUT2D eigenvalue weighted by molar-refractivity contribution is 0.0996. The van der Waals surface area contributed by atoms with Crippen LogP contribution in [-0.4, -0.2) is 10.9 Å². The van der Waals surface area contributed by atoms with Crippen LogP contribution in [0.3, 0.4) is 0 Å². The van der Waals surface area contributed by atoms with Crippen LogP contribution in [0.5, 0.6) is 0 Å². The number of hydrogen-bond acceptors (Lipinski definition) is 1. The second kappa shape index (κ2) is 1.69. The molecule has 3 N–H and O–H groups in total. The molecule has 0 aliphatic rings. The minimum absolute atomic E-state index is 0.324. The van der Waals surface area contributed by atoms with Crippen molar-refractivity contribution in [3.8, 4) is 0 Å². The predicted octanol–water partition coefficient (Wildman–Crippen LogP) is -0.0862. The number of aromatic nitrogens is 1. The molecular weight excluding hydrogens is 104 g/mol. The molecule has 0 saturated heterocycles. The van der Waals surface area contributed by atoms with E-state index in [1.165, 1.54) is 0 Å². The molecular formula is C5H5N2O. The van der Waals surface area contributed by atoms with Crippen molar-refractivity contribution in [2.45, 2.75) is 0 Å². The molecule has 0 spiro atoms. The van der Waals surface area contributed by atoms with Crippen LogP contribution in [0.25, 0.3) is 0 Å². The first kappa shape index (κ1) is 4.90. The van der Waals surface area contributed by atoms with Crippen LogP contribution in [0.15, 0.2) is 12.3 Å². The fourth-order valence-electron chi connectivity index (χ4n) is 0.434. The molecule has 8 heavy (non-hydrogen) atoms. The van der Waals surface area contributed by atoms with E-state index in [1.807, 2.05) is 0 Å². The van der Waals surface area contributed by atoms with Gasteiger partial charge in [-0.1, -0.05) is 0 Å². The number of nitrogens with two attached hydrogens (primary N) is 1. The van der Waals surface area contributed by atoms with Crippen LogP contribution < -0.4 is 5.73 Å². The zero-order valence-corrected chi connectivity index (χ0v) is 4.14. The summed E-state index contributed by atoms with van der Waals surface area (Å²) in [6.45, 7) is 0. The molecule has 1 heterocycles. The van der Waals surface area contributed by atoms with Crippen molar-refractivity contribution >= 4 is 5.91 Å². The first-order valence-electron chi connectivity index (χ1n) is 2.15. The third kappa shape index (κ3) is 0.703. The van der Waals surface area contributed by atoms with Crippen LogP contribution in [0.1, 0.15) is 10.5 Å². The third-order valence-corrected chi connectivity index (χ3v) is 0.785. The van der Waals surface area contributed by atoms with Gasteiger partial charge in [0.05, 0.1) is 0 Å². The summed E-state index contributed by atoms with van der Waals surface area (Å²) in [4.78, 5) is 12.8. The summed E-state index contributed by atoms with van der Waals surface area (Å²) in [5, 5.41) is 0. The van der Waals surface area contributed by atoms with Gasteiger partial charge in [0.25, 0.3) is 5.91 Å². The molecule has 1 radical (unpaired) electrons. The molecule has 41 valence electrons. The number of aromatic amines is 1. The molecule has 0 aromatic carbocycles. The number of primary amides is 1. The van der Waals surface area contributed by atoms with Gasteiger partial charge >= 0.3 is 0 Å². The summed E-state index contributed by atoms with van der Waals surface area (Å²) in [5.74, 6) is -0.477. The summed E-state index contributed by atoms with van der Waals surface area (Å²) >= 11 is 0. The fourth-order valence-corrected chi connectivity index (χ4v) is 0.434. The standard InChI is InChI=1S/C5H5N2O/c6-5(8)4-2-1-3-7-4/h1,3,7H,(H2,6,8). The maximum Gasteiger partial charge on any atom is 0.265 e. The van der Waals surface area contributed by atoms with Gasteiger partial charge < -0.3 is 10.7 Å². The predicted molar refractivity (Wildman–Crippen MR) is 28.1 cm³/mol. The summed E-state index contributed by atoms with van der Waals surface area (Å²) in [6, 6.07) is 4.20. The Morgan fingerprint density at radius 1 is 1.88 bits per heavy atom. The summed E-state index contributed by atoms with van der Waals surface area (Å²) in [7, 11) is 0. The van der Waals surface area contributed by atoms with Crippen LogP contribution in [-0.2, 0) is 0 Å². The van der Waals surface area contributed by atoms with Crippen LogP contribution in [0.4, 0.5) is 0 Å². The van der Waals surface area contributed by atoms with Gasteiger partial charge in [0, 0.05) is 12.3 Å². The van der Waals surface area contributed by atoms with Crippen molar-refractivity contribution in [2.75, 3.05) is 0 Å². The number of H-pyrrole nitrogens is 1. The van der Waals surface area contributed by atoms with Gasteiger partial charge in [0.15, 0.2) is 0 Å². The summed E-state index contributed by atoms with van der Waals surface area (Å²) < 4.78 is 0. The van der Waals surface area contributed by atoms with Crippen LogP contribution in [0, 0.1) is 6.07 Å². The Morgan fingerprint density at radius 3 is 2.88 bits per heavy atom. The van der Waals surface area contributed by atoms with E-state index in [4.69, 9.17) is 5.73 Å². The van der Waals surface area contributed by atoms with Crippen molar-refractivity contribution < 1.29 is 4.79 Å². The fraction of sp³-hybridized carbons (Fsp3) is 0. The Labute approximate surface area is 46.5 Å². The van der Waals surface area contributed by atoms with E-state index >= 15 is 0 Å². The maximum atomic E-state index is 10.2. The minimum atomic E-state index is -0.477. The van der Waals surface area contributed by atoms with E-state index < -0.39 is 5.91 Å². The van der Waals surface area contributed by atoms with Crippen molar-refractivity contribution in [3.05, 3.63) is 24.0 Å². The van der Waals surface area contributed by atoms with Gasteiger partial charge in [-0.15, -0.1) is 0 Å². The molecule has 3 nitrogen and oxygen atoms in total. The lowest BCUT2D eigenvalue weighted by Crippen LogP contribution is -2.10. The highest BCUT2D eigenvalue weighted by Crippen LogP contribution is 1.88. The molecule has 0 bridgehead atoms. The highest BCUT2D eigenvalue weighted by atomic mass is 16.1. The topological polar surface area (TPSA) is 58.9 Å². The van der Waals surface area contributed by atoms with Crippen molar-refractivity contribution in [2.24, 2.45) is 5.73 Å². The largest absolute Gasteiger partial charge is 0.364 e. The molecule has 0 saturated carbocycles. The average molecular weight is 109 g/mol. The Kier molecular flexibility index (Phi) is 1.04. The first-order valence-corrected chi connectivity index (χ1v) is 2.15. The van der Waals surface area contributed by atoms with Crippen LogP contribution in [0.2, 0.25) is 0 Å². The van der Waals surface area contributed by atoms with E-state index in [-0.39, 0.29) is 0 Å². The van der Waals surface area contributed by atoms with Gasteiger partial charge in [-0.25, -0.2) is 0 Å². The Bertz CT molecular complexity index is 178. The van der Waals surface area contributed by atoms with Gasteiger partial charge in [-0.05, 0) is 6.07 Å². The van der Waals surface area contributed by atoms with Crippen molar-refractivity contribution in [3.63, 3.8) is 0 Å². The highest BCUT2D eigenvalue weighted by Gasteiger charge is 1.96. The molecule has 1 amide bonds. The van der Waals surface area contributed by atoms with Gasteiger partial charge in [0.1, 0.15) is 5.69 Å². The second-order valence-electron chi connectivity index (χ2n) is 1.36. The molecule has 0 unspecified atom stereocenters. The number of rotatable bonds is 1. The average Bonchev–Trinajstić information content (AvgIpc) is 2.12. The van der Waals surface area contributed by atoms with Crippen molar-refractivity contribution in [1.82, 2.24) is 4.98 Å². The van der Waals surface area contributed by atoms with Gasteiger partial charge in [0.2, 0.25) is 0 Å². The van der Waals surface area contributed by atoms with E-state index in [1.54, 1.807) is 12.3 Å². The Balaban J connectivity index is 2.93. The minimum Gasteiger partial charge on any atom is -0.364 e. The Hall–Kier alpha value is -1.25. The zero-order valence-electron chi connectivity index (χ0n) is 4.14. The number of nitrogens with one attached hydrogen (secondary N) is 1. The highest BCUT2D eigenvalue weighted by molar-refractivity contribution is 5.90. The monoisotopic (exact) mass is 109 g/mol. The van der Waals surface area contributed by atoms with E-state index in [0.29, 0.717) is 5.69 Å². The molecule has 0 aliphatic carbocycles. The lowest BCUT2D eigenvalue weighted by atomic mass is 10.4. The first-order chi connectivity index (χ1) is 3.80. The normalized spacial score (nSPS) is 9.00. The van der Waals surface area contributed by atoms with Gasteiger partial charge in [-0.3, -0.25) is 4.79 Å². The van der Waals surface area contributed by atoms with E-state index in [2.05, 4.69) is 11.1 Å². The molecule has 0 atom stereocenters. The molecule has 3 heteroatoms. The second-order valence-corrected chi connectivity index (χ2v) is 1.36. The molecule has 1 rings (SSSR count). The third-order valence-electron chi connectivity index (χ3n) is 0.785. The van der Waals surface area contributed by atoms with E-state index in [0.717, 1.165) is 0 Å². The van der Waals surface area contributed by atoms with Crippen LogP contribution >= 0.6 is 0 Å². The van der Waals surface area contributed by atoms with Crippen molar-refractivity contribution in [1.29, 1.82) is 0 Å². The van der Waals surface area contributed by atoms with Gasteiger partial charge in [-0.2, -0.15) is 0 Å². The SMILES string of the molecule is NC(=O)c1[c]cc[nH]1. The van der Waals surface area contributed by atoms with E-state index in [9.17, 15) is 4.79 Å². The smallest absolute Gasteiger partial charge is 0.265 e. The number of hydrogen-bond donors (Lipinski definition) is 2. The Morgan fingerprint density at radius 2 is 2.62 bits per heavy atom. The summed E-state index contributed by atoms with van der Waals surface area (Å²) in [5.41, 5.74) is 5.18. The number of carbonyl (C=O) groups is 1. The number of amides is 1. The molecule has 1 aromatic heterocycles. The lowest BCUT2D eigenvalue weighted by Gasteiger charge is -1.81. The molecule has 1 aromatic rings. The molecule has 0 aliphatic heterocycles. The maximum absolute atomic E-state index is 10.2. The molecule has 0 fully saturated rings. The number of carbonyl (C=O) groups excluding carboxylic acids is 1. The quantitative estimate of drug-likeness (QED) is 0.520.